The van der Waals surface area contributed by atoms with E-state index in [1.54, 1.807) is 0 Å². The lowest BCUT2D eigenvalue weighted by atomic mass is 10.1. The molecule has 0 aliphatic heterocycles. The van der Waals surface area contributed by atoms with Gasteiger partial charge in [-0.3, -0.25) is 0 Å². The minimum absolute atomic E-state index is 1.13. The Morgan fingerprint density at radius 1 is 0.667 bits per heavy atom. The number of benzene rings is 3. The Bertz CT molecular complexity index is 1020. The summed E-state index contributed by atoms with van der Waals surface area (Å²) < 4.78 is 3.55. The molecule has 0 N–H and O–H groups in total. The molecular weight excluding hydrogens is 358 g/mol. The summed E-state index contributed by atoms with van der Waals surface area (Å²) in [6.45, 7) is 8.70. The van der Waals surface area contributed by atoms with Crippen LogP contribution >= 0.6 is 15.9 Å². The van der Waals surface area contributed by atoms with Gasteiger partial charge in [0.2, 0.25) is 0 Å². The number of hydrogen-bond donors (Lipinski definition) is 0. The van der Waals surface area contributed by atoms with Crippen molar-refractivity contribution < 1.29 is 0 Å². The summed E-state index contributed by atoms with van der Waals surface area (Å²) in [5.41, 5.74) is 8.98. The maximum atomic E-state index is 3.62. The van der Waals surface area contributed by atoms with Gasteiger partial charge in [0.1, 0.15) is 0 Å². The van der Waals surface area contributed by atoms with Gasteiger partial charge in [0.25, 0.3) is 0 Å². The van der Waals surface area contributed by atoms with Gasteiger partial charge in [-0.25, -0.2) is 0 Å². The largest absolute Gasteiger partial charge is 0.309 e. The average molecular weight is 378 g/mol. The molecule has 0 atom stereocenters. The Balaban J connectivity index is 2.23. The van der Waals surface area contributed by atoms with Gasteiger partial charge < -0.3 is 4.57 Å². The van der Waals surface area contributed by atoms with Gasteiger partial charge in [-0.1, -0.05) is 39.2 Å². The van der Waals surface area contributed by atoms with Crippen LogP contribution in [0.2, 0.25) is 0 Å². The highest BCUT2D eigenvalue weighted by Gasteiger charge is 2.15. The summed E-state index contributed by atoms with van der Waals surface area (Å²) in [6, 6.07) is 17.9. The van der Waals surface area contributed by atoms with Crippen molar-refractivity contribution in [1.29, 1.82) is 0 Å². The van der Waals surface area contributed by atoms with E-state index in [4.69, 9.17) is 0 Å². The number of aromatic nitrogens is 1. The average Bonchev–Trinajstić information content (AvgIpc) is 2.80. The molecule has 1 heterocycles. The molecule has 4 aromatic rings. The highest BCUT2D eigenvalue weighted by Crippen LogP contribution is 2.36. The fraction of sp³-hybridized carbons (Fsp3) is 0.182. The van der Waals surface area contributed by atoms with Gasteiger partial charge in [-0.2, -0.15) is 0 Å². The van der Waals surface area contributed by atoms with Gasteiger partial charge in [0.15, 0.2) is 0 Å². The molecule has 0 radical (unpaired) electrons. The van der Waals surface area contributed by atoms with E-state index >= 15 is 0 Å². The predicted molar refractivity (Wildman–Crippen MR) is 107 cm³/mol. The number of halogens is 1. The lowest BCUT2D eigenvalue weighted by Crippen LogP contribution is -2.00. The predicted octanol–water partition coefficient (Wildman–Crippen LogP) is 6.78. The van der Waals surface area contributed by atoms with E-state index in [2.05, 4.69) is 96.7 Å². The molecule has 120 valence electrons. The molecule has 0 spiro atoms. The van der Waals surface area contributed by atoms with Crippen LogP contribution in [0.3, 0.4) is 0 Å². The van der Waals surface area contributed by atoms with Crippen molar-refractivity contribution in [2.75, 3.05) is 0 Å². The van der Waals surface area contributed by atoms with E-state index in [9.17, 15) is 0 Å². The first-order valence-electron chi connectivity index (χ1n) is 8.24. The van der Waals surface area contributed by atoms with E-state index in [-0.39, 0.29) is 0 Å². The fourth-order valence-electron chi connectivity index (χ4n) is 3.75. The van der Waals surface area contributed by atoms with Gasteiger partial charge in [0.05, 0.1) is 16.7 Å². The van der Waals surface area contributed by atoms with Gasteiger partial charge in [-0.15, -0.1) is 0 Å². The van der Waals surface area contributed by atoms with Gasteiger partial charge >= 0.3 is 0 Å². The molecule has 0 saturated carbocycles. The Morgan fingerprint density at radius 2 is 1.12 bits per heavy atom. The molecule has 0 unspecified atom stereocenters. The van der Waals surface area contributed by atoms with Crippen molar-refractivity contribution in [3.8, 4) is 5.69 Å². The number of rotatable bonds is 1. The third-order valence-corrected chi connectivity index (χ3v) is 5.21. The van der Waals surface area contributed by atoms with E-state index in [0.717, 1.165) is 4.47 Å². The van der Waals surface area contributed by atoms with Crippen LogP contribution in [0.15, 0.2) is 53.0 Å². The molecule has 0 amide bonds. The Hall–Kier alpha value is -2.06. The topological polar surface area (TPSA) is 4.93 Å². The second kappa shape index (κ2) is 5.49. The lowest BCUT2D eigenvalue weighted by molar-refractivity contribution is 1.12. The van der Waals surface area contributed by atoms with E-state index < -0.39 is 0 Å². The first-order chi connectivity index (χ1) is 11.5. The first kappa shape index (κ1) is 15.5. The standard InChI is InChI=1S/C22H20BrN/c1-13-5-7-20-18(9-13)19-10-14(2)6-8-21(19)24(20)22-15(3)11-17(23)12-16(22)4/h5-12H,1-4H3. The normalized spacial score (nSPS) is 11.5. The monoisotopic (exact) mass is 377 g/mol. The van der Waals surface area contributed by atoms with Crippen LogP contribution < -0.4 is 0 Å². The summed E-state index contributed by atoms with van der Waals surface area (Å²) in [6.07, 6.45) is 0. The van der Waals surface area contributed by atoms with E-state index in [1.807, 2.05) is 0 Å². The van der Waals surface area contributed by atoms with Gasteiger partial charge in [0, 0.05) is 15.2 Å². The van der Waals surface area contributed by atoms with Crippen molar-refractivity contribution in [1.82, 2.24) is 4.57 Å². The molecule has 1 nitrogen and oxygen atoms in total. The first-order valence-corrected chi connectivity index (χ1v) is 9.03. The second-order valence-electron chi connectivity index (χ2n) is 6.76. The Kier molecular flexibility index (Phi) is 3.54. The van der Waals surface area contributed by atoms with Crippen LogP contribution in [0.5, 0.6) is 0 Å². The number of fused-ring (bicyclic) bond motifs is 3. The molecule has 24 heavy (non-hydrogen) atoms. The molecule has 0 aliphatic carbocycles. The maximum absolute atomic E-state index is 3.62. The van der Waals surface area contributed by atoms with Crippen LogP contribution in [0.25, 0.3) is 27.5 Å². The van der Waals surface area contributed by atoms with Crippen molar-refractivity contribution in [3.05, 3.63) is 75.3 Å². The second-order valence-corrected chi connectivity index (χ2v) is 7.68. The zero-order chi connectivity index (χ0) is 17.0. The molecule has 1 aromatic heterocycles. The zero-order valence-electron chi connectivity index (χ0n) is 14.4. The Labute approximate surface area is 151 Å². The number of nitrogens with zero attached hydrogens (tertiary/aromatic N) is 1. The summed E-state index contributed by atoms with van der Waals surface area (Å²) in [4.78, 5) is 0. The van der Waals surface area contributed by atoms with Crippen LogP contribution in [0, 0.1) is 27.7 Å². The van der Waals surface area contributed by atoms with E-state index in [0.29, 0.717) is 0 Å². The third kappa shape index (κ3) is 2.29. The summed E-state index contributed by atoms with van der Waals surface area (Å²) in [7, 11) is 0. The summed E-state index contributed by atoms with van der Waals surface area (Å²) in [5, 5.41) is 2.66. The van der Waals surface area contributed by atoms with E-state index in [1.165, 1.54) is 49.7 Å². The maximum Gasteiger partial charge on any atom is 0.0541 e. The quantitative estimate of drug-likeness (QED) is 0.344. The van der Waals surface area contributed by atoms with Crippen molar-refractivity contribution >= 4 is 37.7 Å². The SMILES string of the molecule is Cc1ccc2c(c1)c1cc(C)ccc1n2-c1c(C)cc(Br)cc1C. The fourth-order valence-corrected chi connectivity index (χ4v) is 4.43. The molecule has 3 aromatic carbocycles. The smallest absolute Gasteiger partial charge is 0.0541 e. The van der Waals surface area contributed by atoms with Gasteiger partial charge in [-0.05, 0) is 75.2 Å². The lowest BCUT2D eigenvalue weighted by Gasteiger charge is -2.15. The third-order valence-electron chi connectivity index (χ3n) is 4.76. The van der Waals surface area contributed by atoms with Crippen molar-refractivity contribution in [2.45, 2.75) is 27.7 Å². The molecule has 0 bridgehead atoms. The summed E-state index contributed by atoms with van der Waals surface area (Å²) >= 11 is 3.62. The molecule has 2 heteroatoms. The zero-order valence-corrected chi connectivity index (χ0v) is 16.0. The minimum Gasteiger partial charge on any atom is -0.309 e. The minimum atomic E-state index is 1.13. The molecular formula is C22H20BrN. The molecule has 0 aliphatic rings. The highest BCUT2D eigenvalue weighted by atomic mass is 79.9. The highest BCUT2D eigenvalue weighted by molar-refractivity contribution is 9.10. The van der Waals surface area contributed by atoms with Crippen LogP contribution in [-0.2, 0) is 0 Å². The van der Waals surface area contributed by atoms with Crippen LogP contribution in [0.4, 0.5) is 0 Å². The molecule has 0 fully saturated rings. The van der Waals surface area contributed by atoms with Crippen molar-refractivity contribution in [3.63, 3.8) is 0 Å². The molecule has 0 saturated heterocycles. The number of hydrogen-bond acceptors (Lipinski definition) is 0. The summed E-state index contributed by atoms with van der Waals surface area (Å²) in [5.74, 6) is 0. The number of aryl methyl sites for hydroxylation is 4. The van der Waals surface area contributed by atoms with Crippen molar-refractivity contribution in [2.24, 2.45) is 0 Å². The molecule has 4 rings (SSSR count). The Morgan fingerprint density at radius 3 is 1.58 bits per heavy atom. The van der Waals surface area contributed by atoms with Crippen LogP contribution in [0.1, 0.15) is 22.3 Å². The van der Waals surface area contributed by atoms with Crippen LogP contribution in [-0.4, -0.2) is 4.57 Å².